The van der Waals surface area contributed by atoms with Gasteiger partial charge in [-0.2, -0.15) is 0 Å². The van der Waals surface area contributed by atoms with Crippen LogP contribution in [0.5, 0.6) is 0 Å². The molecule has 6 N–H and O–H groups in total. The summed E-state index contributed by atoms with van der Waals surface area (Å²) in [6.45, 7) is -0.392. The second-order valence-corrected chi connectivity index (χ2v) is 6.81. The summed E-state index contributed by atoms with van der Waals surface area (Å²) in [4.78, 5) is 31.6. The van der Waals surface area contributed by atoms with Gasteiger partial charge >= 0.3 is 6.09 Å². The Labute approximate surface area is 172 Å². The molecule has 0 saturated heterocycles. The lowest BCUT2D eigenvalue weighted by Crippen LogP contribution is -2.16. The summed E-state index contributed by atoms with van der Waals surface area (Å²) in [6.07, 6.45) is 4.53. The zero-order valence-electron chi connectivity index (χ0n) is 15.6. The Morgan fingerprint density at radius 1 is 1.41 bits per heavy atom. The summed E-state index contributed by atoms with van der Waals surface area (Å²) in [5, 5.41) is 14.4. The zero-order chi connectivity index (χ0) is 20.8. The van der Waals surface area contributed by atoms with Gasteiger partial charge in [0.1, 0.15) is 23.3 Å². The number of aromatic nitrogens is 2. The average Bonchev–Trinajstić information content (AvgIpc) is 3.07. The van der Waals surface area contributed by atoms with E-state index in [9.17, 15) is 9.59 Å². The van der Waals surface area contributed by atoms with Gasteiger partial charge in [0.05, 0.1) is 18.3 Å². The van der Waals surface area contributed by atoms with Crippen LogP contribution in [-0.4, -0.2) is 40.3 Å². The number of ether oxygens (including phenoxy) is 1. The van der Waals surface area contributed by atoms with Crippen LogP contribution in [0.2, 0.25) is 5.15 Å². The van der Waals surface area contributed by atoms with Crippen LogP contribution in [0.25, 0.3) is 11.3 Å². The molecule has 0 aliphatic carbocycles. The van der Waals surface area contributed by atoms with Gasteiger partial charge in [0.25, 0.3) is 0 Å². The third kappa shape index (κ3) is 5.35. The van der Waals surface area contributed by atoms with E-state index in [1.807, 2.05) is 12.2 Å². The van der Waals surface area contributed by atoms with E-state index >= 15 is 0 Å². The quantitative estimate of drug-likeness (QED) is 0.484. The molecule has 1 aromatic carbocycles. The summed E-state index contributed by atoms with van der Waals surface area (Å²) >= 11 is 6.34. The molecule has 10 heteroatoms. The van der Waals surface area contributed by atoms with Crippen molar-refractivity contribution in [2.24, 2.45) is 5.73 Å². The molecule has 1 aliphatic rings. The van der Waals surface area contributed by atoms with Crippen molar-refractivity contribution < 1.29 is 19.4 Å². The van der Waals surface area contributed by atoms with Gasteiger partial charge in [0, 0.05) is 17.7 Å². The van der Waals surface area contributed by atoms with Crippen molar-refractivity contribution in [3.8, 4) is 11.3 Å². The van der Waals surface area contributed by atoms with E-state index in [1.165, 1.54) is 0 Å². The highest BCUT2D eigenvalue weighted by molar-refractivity contribution is 6.32. The number of amides is 2. The molecule has 0 unspecified atom stereocenters. The number of nitrogens with two attached hydrogens (primary N) is 1. The molecule has 154 valence electrons. The Bertz CT molecular complexity index is 927. The van der Waals surface area contributed by atoms with Crippen LogP contribution in [0.1, 0.15) is 31.1 Å². The minimum Gasteiger partial charge on any atom is -0.447 e. The maximum absolute atomic E-state index is 12.4. The fourth-order valence-electron chi connectivity index (χ4n) is 2.85. The third-order valence-electron chi connectivity index (χ3n) is 4.24. The number of carbonyl (C=O) groups excluding carboxylic acids is 2. The number of fused-ring (bicyclic) bond motifs is 4. The third-order valence-corrected chi connectivity index (χ3v) is 4.52. The van der Waals surface area contributed by atoms with Gasteiger partial charge in [0.15, 0.2) is 0 Å². The Morgan fingerprint density at radius 2 is 2.24 bits per heavy atom. The molecule has 0 saturated carbocycles. The molecule has 2 heterocycles. The number of anilines is 2. The van der Waals surface area contributed by atoms with Gasteiger partial charge in [-0.1, -0.05) is 23.8 Å². The maximum atomic E-state index is 12.4. The second-order valence-electron chi connectivity index (χ2n) is 6.43. The molecule has 1 aromatic heterocycles. The van der Waals surface area contributed by atoms with Gasteiger partial charge < -0.3 is 25.9 Å². The van der Waals surface area contributed by atoms with Crippen molar-refractivity contribution in [3.05, 3.63) is 41.3 Å². The van der Waals surface area contributed by atoms with E-state index in [2.05, 4.69) is 20.6 Å². The number of carbonyl (C=O) groups is 2. The molecule has 1 atom stereocenters. The van der Waals surface area contributed by atoms with Gasteiger partial charge in [0.2, 0.25) is 5.91 Å². The Balaban J connectivity index is 1.98. The Hall–Kier alpha value is -2.88. The molecule has 3 rings (SSSR count). The summed E-state index contributed by atoms with van der Waals surface area (Å²) in [5.74, 6) is 0.354. The smallest absolute Gasteiger partial charge is 0.411 e. The number of nitrogens with one attached hydrogen (secondary N) is 3. The Morgan fingerprint density at radius 3 is 3.03 bits per heavy atom. The largest absolute Gasteiger partial charge is 0.447 e. The second kappa shape index (κ2) is 9.55. The number of halogens is 1. The van der Waals surface area contributed by atoms with Crippen molar-refractivity contribution in [2.45, 2.75) is 25.3 Å². The standard InChI is InChI=1S/C19H22ClN5O4/c20-17-16-12-7-6-11(22-19(28)29-9-8-26)10-14(12)23-15(27)5-3-1-2-4-13(21)18(24-16)25-17/h1-2,6-7,10,13,26H,3-5,8-9,21H2,(H,22,28)(H,23,27)(H,24,25)/b2-1+/t13-/m0/s1. The van der Waals surface area contributed by atoms with E-state index < -0.39 is 6.09 Å². The van der Waals surface area contributed by atoms with Crippen LogP contribution < -0.4 is 16.4 Å². The first-order valence-electron chi connectivity index (χ1n) is 9.13. The average molecular weight is 420 g/mol. The molecule has 1 aliphatic heterocycles. The SMILES string of the molecule is N[C@H]1C/C=C/CCC(=O)Nc2cc(NC(=O)OCCO)ccc2-c2nc1[nH]c2Cl. The normalized spacial score (nSPS) is 17.8. The number of allylic oxidation sites excluding steroid dienone is 1. The van der Waals surface area contributed by atoms with Crippen molar-refractivity contribution >= 4 is 35.0 Å². The van der Waals surface area contributed by atoms with Gasteiger partial charge in [-0.15, -0.1) is 0 Å². The number of benzene rings is 1. The highest BCUT2D eigenvalue weighted by Crippen LogP contribution is 2.35. The molecular formula is C19H22ClN5O4. The van der Waals surface area contributed by atoms with E-state index in [0.29, 0.717) is 52.9 Å². The monoisotopic (exact) mass is 419 g/mol. The predicted octanol–water partition coefficient (Wildman–Crippen LogP) is 2.95. The number of imidazole rings is 1. The van der Waals surface area contributed by atoms with Gasteiger partial charge in [-0.3, -0.25) is 10.1 Å². The lowest BCUT2D eigenvalue weighted by atomic mass is 10.1. The minimum absolute atomic E-state index is 0.118. The summed E-state index contributed by atoms with van der Waals surface area (Å²) in [6, 6.07) is 4.56. The number of nitrogens with zero attached hydrogens (tertiary/aromatic N) is 1. The number of H-pyrrole nitrogens is 1. The van der Waals surface area contributed by atoms with Gasteiger partial charge in [-0.05, 0) is 31.0 Å². The Kier molecular flexibility index (Phi) is 6.86. The van der Waals surface area contributed by atoms with E-state index in [-0.39, 0.29) is 25.2 Å². The number of aliphatic hydroxyl groups is 1. The van der Waals surface area contributed by atoms with E-state index in [4.69, 9.17) is 27.2 Å². The first-order chi connectivity index (χ1) is 14.0. The van der Waals surface area contributed by atoms with Crippen molar-refractivity contribution in [1.82, 2.24) is 9.97 Å². The van der Waals surface area contributed by atoms with E-state index in [0.717, 1.165) is 0 Å². The maximum Gasteiger partial charge on any atom is 0.411 e. The number of hydrogen-bond acceptors (Lipinski definition) is 6. The number of aromatic amines is 1. The molecule has 2 bridgehead atoms. The van der Waals surface area contributed by atoms with Crippen LogP contribution >= 0.6 is 11.6 Å². The number of rotatable bonds is 3. The van der Waals surface area contributed by atoms with Crippen LogP contribution in [0.15, 0.2) is 30.4 Å². The fourth-order valence-corrected chi connectivity index (χ4v) is 3.09. The highest BCUT2D eigenvalue weighted by Gasteiger charge is 2.19. The molecule has 0 spiro atoms. The molecule has 2 amide bonds. The van der Waals surface area contributed by atoms with Crippen molar-refractivity contribution in [2.75, 3.05) is 23.8 Å². The first-order valence-corrected chi connectivity index (χ1v) is 9.50. The minimum atomic E-state index is -0.717. The topological polar surface area (TPSA) is 142 Å². The van der Waals surface area contributed by atoms with Crippen LogP contribution in [0, 0.1) is 0 Å². The van der Waals surface area contributed by atoms with E-state index in [1.54, 1.807) is 18.2 Å². The number of hydrogen-bond donors (Lipinski definition) is 5. The molecule has 2 aromatic rings. The molecule has 29 heavy (non-hydrogen) atoms. The highest BCUT2D eigenvalue weighted by atomic mass is 35.5. The summed E-state index contributed by atoms with van der Waals surface area (Å²) in [7, 11) is 0. The van der Waals surface area contributed by atoms with Crippen LogP contribution in [0.3, 0.4) is 0 Å². The van der Waals surface area contributed by atoms with Crippen LogP contribution in [0.4, 0.5) is 16.2 Å². The molecule has 9 nitrogen and oxygen atoms in total. The van der Waals surface area contributed by atoms with Crippen LogP contribution in [-0.2, 0) is 9.53 Å². The predicted molar refractivity (Wildman–Crippen MR) is 110 cm³/mol. The zero-order valence-corrected chi connectivity index (χ0v) is 16.3. The fraction of sp³-hybridized carbons (Fsp3) is 0.316. The molecule has 0 fully saturated rings. The summed E-state index contributed by atoms with van der Waals surface area (Å²) < 4.78 is 4.79. The molecule has 0 radical (unpaired) electrons. The number of aliphatic hydroxyl groups excluding tert-OH is 1. The van der Waals surface area contributed by atoms with Gasteiger partial charge in [-0.25, -0.2) is 9.78 Å². The first kappa shape index (κ1) is 20.8. The van der Waals surface area contributed by atoms with Crippen molar-refractivity contribution in [1.29, 1.82) is 0 Å². The lowest BCUT2D eigenvalue weighted by Gasteiger charge is -2.13. The van der Waals surface area contributed by atoms with Crippen molar-refractivity contribution in [3.63, 3.8) is 0 Å². The summed E-state index contributed by atoms with van der Waals surface area (Å²) in [5.41, 5.74) is 8.04. The lowest BCUT2D eigenvalue weighted by molar-refractivity contribution is -0.116. The molecular weight excluding hydrogens is 398 g/mol.